The zero-order chi connectivity index (χ0) is 19.1. The van der Waals surface area contributed by atoms with Gasteiger partial charge in [0.15, 0.2) is 0 Å². The van der Waals surface area contributed by atoms with Crippen LogP contribution in [0, 0.1) is 0 Å². The van der Waals surface area contributed by atoms with Crippen LogP contribution in [0.15, 0.2) is 42.6 Å². The van der Waals surface area contributed by atoms with Gasteiger partial charge < -0.3 is 15.4 Å². The van der Waals surface area contributed by atoms with Crippen molar-refractivity contribution in [3.05, 3.63) is 48.3 Å². The van der Waals surface area contributed by atoms with E-state index in [0.717, 1.165) is 5.69 Å². The van der Waals surface area contributed by atoms with Gasteiger partial charge in [0.2, 0.25) is 0 Å². The number of benzene rings is 1. The van der Waals surface area contributed by atoms with Gasteiger partial charge in [0.25, 0.3) is 5.91 Å². The number of hydrogen-bond donors (Lipinski definition) is 2. The number of amides is 1. The number of para-hydroxylation sites is 2. The van der Waals surface area contributed by atoms with Crippen molar-refractivity contribution < 1.29 is 9.53 Å². The summed E-state index contributed by atoms with van der Waals surface area (Å²) in [7, 11) is 0. The molecular weight excluding hydrogens is 338 g/mol. The summed E-state index contributed by atoms with van der Waals surface area (Å²) < 4.78 is 5.75. The van der Waals surface area contributed by atoms with Crippen LogP contribution in [-0.2, 0) is 0 Å². The summed E-state index contributed by atoms with van der Waals surface area (Å²) >= 11 is 0. The van der Waals surface area contributed by atoms with Crippen LogP contribution in [0.5, 0.6) is 5.75 Å². The van der Waals surface area contributed by atoms with Gasteiger partial charge >= 0.3 is 0 Å². The average molecular weight is 367 g/mol. The molecule has 1 amide bonds. The van der Waals surface area contributed by atoms with Gasteiger partial charge in [-0.3, -0.25) is 4.79 Å². The van der Waals surface area contributed by atoms with Crippen LogP contribution in [0.2, 0.25) is 0 Å². The minimum Gasteiger partial charge on any atom is -0.489 e. The SMILES string of the molecule is CC(C)Oc1ccccc1NC(=O)c1ccc(NC2CCCCCC2)cn1. The highest BCUT2D eigenvalue weighted by Gasteiger charge is 2.14. The molecule has 3 rings (SSSR count). The lowest BCUT2D eigenvalue weighted by Gasteiger charge is -2.17. The quantitative estimate of drug-likeness (QED) is 0.684. The Morgan fingerprint density at radius 3 is 2.48 bits per heavy atom. The molecule has 1 aromatic carbocycles. The molecule has 5 nitrogen and oxygen atoms in total. The molecule has 0 aliphatic heterocycles. The normalized spacial score (nSPS) is 15.2. The first kappa shape index (κ1) is 19.2. The third-order valence-electron chi connectivity index (χ3n) is 4.72. The Balaban J connectivity index is 1.62. The molecule has 0 saturated heterocycles. The van der Waals surface area contributed by atoms with E-state index >= 15 is 0 Å². The summed E-state index contributed by atoms with van der Waals surface area (Å²) in [6, 6.07) is 11.6. The van der Waals surface area contributed by atoms with Gasteiger partial charge in [-0.25, -0.2) is 4.98 Å². The first-order valence-corrected chi connectivity index (χ1v) is 9.91. The number of carbonyl (C=O) groups is 1. The van der Waals surface area contributed by atoms with E-state index in [1.54, 1.807) is 12.3 Å². The molecule has 1 heterocycles. The first-order valence-electron chi connectivity index (χ1n) is 9.91. The molecule has 1 aromatic heterocycles. The van der Waals surface area contributed by atoms with Crippen molar-refractivity contribution in [3.63, 3.8) is 0 Å². The molecule has 1 aliphatic carbocycles. The molecule has 144 valence electrons. The number of anilines is 2. The van der Waals surface area contributed by atoms with Gasteiger partial charge in [-0.1, -0.05) is 37.8 Å². The Kier molecular flexibility index (Phi) is 6.69. The van der Waals surface area contributed by atoms with Crippen molar-refractivity contribution in [2.24, 2.45) is 0 Å². The number of nitrogens with one attached hydrogen (secondary N) is 2. The van der Waals surface area contributed by atoms with E-state index in [1.165, 1.54) is 38.5 Å². The van der Waals surface area contributed by atoms with Crippen molar-refractivity contribution in [3.8, 4) is 5.75 Å². The second kappa shape index (κ2) is 9.40. The lowest BCUT2D eigenvalue weighted by atomic mass is 10.1. The molecular formula is C22H29N3O2. The van der Waals surface area contributed by atoms with Crippen molar-refractivity contribution in [2.75, 3.05) is 10.6 Å². The predicted octanol–water partition coefficient (Wildman–Crippen LogP) is 5.26. The van der Waals surface area contributed by atoms with E-state index < -0.39 is 0 Å². The Labute approximate surface area is 161 Å². The van der Waals surface area contributed by atoms with Crippen molar-refractivity contribution in [2.45, 2.75) is 64.5 Å². The summed E-state index contributed by atoms with van der Waals surface area (Å²) in [6.07, 6.45) is 9.41. The molecule has 0 radical (unpaired) electrons. The first-order chi connectivity index (χ1) is 13.1. The van der Waals surface area contributed by atoms with Gasteiger partial charge in [-0.05, 0) is 51.0 Å². The molecule has 1 aliphatic rings. The number of rotatable bonds is 6. The fourth-order valence-electron chi connectivity index (χ4n) is 3.39. The number of hydrogen-bond acceptors (Lipinski definition) is 4. The molecule has 5 heteroatoms. The summed E-state index contributed by atoms with van der Waals surface area (Å²) in [5, 5.41) is 6.45. The molecule has 0 unspecified atom stereocenters. The highest BCUT2D eigenvalue weighted by molar-refractivity contribution is 6.03. The summed E-state index contributed by atoms with van der Waals surface area (Å²) in [5.41, 5.74) is 2.02. The Hall–Kier alpha value is -2.56. The van der Waals surface area contributed by atoms with Gasteiger partial charge in [-0.2, -0.15) is 0 Å². The Morgan fingerprint density at radius 1 is 1.07 bits per heavy atom. The van der Waals surface area contributed by atoms with Crippen LogP contribution in [0.3, 0.4) is 0 Å². The summed E-state index contributed by atoms with van der Waals surface area (Å²) in [5.74, 6) is 0.420. The average Bonchev–Trinajstić information content (AvgIpc) is 2.92. The van der Waals surface area contributed by atoms with Gasteiger partial charge in [0.05, 0.1) is 23.7 Å². The van der Waals surface area contributed by atoms with E-state index in [2.05, 4.69) is 15.6 Å². The van der Waals surface area contributed by atoms with Gasteiger partial charge in [-0.15, -0.1) is 0 Å². The highest BCUT2D eigenvalue weighted by atomic mass is 16.5. The highest BCUT2D eigenvalue weighted by Crippen LogP contribution is 2.25. The Bertz CT molecular complexity index is 735. The van der Waals surface area contributed by atoms with Crippen molar-refractivity contribution in [1.82, 2.24) is 4.98 Å². The lowest BCUT2D eigenvalue weighted by molar-refractivity contribution is 0.102. The fraction of sp³-hybridized carbons (Fsp3) is 0.455. The van der Waals surface area contributed by atoms with Crippen LogP contribution in [0.25, 0.3) is 0 Å². The summed E-state index contributed by atoms with van der Waals surface area (Å²) in [4.78, 5) is 16.9. The smallest absolute Gasteiger partial charge is 0.274 e. The maximum atomic E-state index is 12.5. The molecule has 0 atom stereocenters. The summed E-state index contributed by atoms with van der Waals surface area (Å²) in [6.45, 7) is 3.92. The molecule has 1 fully saturated rings. The molecule has 0 spiro atoms. The third-order valence-corrected chi connectivity index (χ3v) is 4.72. The van der Waals surface area contributed by atoms with Crippen LogP contribution < -0.4 is 15.4 Å². The van der Waals surface area contributed by atoms with E-state index in [9.17, 15) is 4.79 Å². The van der Waals surface area contributed by atoms with Gasteiger partial charge in [0, 0.05) is 6.04 Å². The maximum absolute atomic E-state index is 12.5. The number of ether oxygens (including phenoxy) is 1. The van der Waals surface area contributed by atoms with Crippen LogP contribution >= 0.6 is 0 Å². The van der Waals surface area contributed by atoms with Gasteiger partial charge in [0.1, 0.15) is 11.4 Å². The number of carbonyl (C=O) groups excluding carboxylic acids is 1. The molecule has 1 saturated carbocycles. The zero-order valence-corrected chi connectivity index (χ0v) is 16.2. The van der Waals surface area contributed by atoms with E-state index in [1.807, 2.05) is 44.2 Å². The molecule has 2 aromatic rings. The van der Waals surface area contributed by atoms with Crippen molar-refractivity contribution in [1.29, 1.82) is 0 Å². The van der Waals surface area contributed by atoms with E-state index in [0.29, 0.717) is 23.2 Å². The minimum atomic E-state index is -0.240. The monoisotopic (exact) mass is 367 g/mol. The van der Waals surface area contributed by atoms with E-state index in [-0.39, 0.29) is 12.0 Å². The standard InChI is InChI=1S/C22H29N3O2/c1-16(2)27-21-12-8-7-11-19(21)25-22(26)20-14-13-18(15-23-20)24-17-9-5-3-4-6-10-17/h7-8,11-17,24H,3-6,9-10H2,1-2H3,(H,25,26). The topological polar surface area (TPSA) is 63.2 Å². The second-order valence-electron chi connectivity index (χ2n) is 7.38. The Morgan fingerprint density at radius 2 is 1.81 bits per heavy atom. The van der Waals surface area contributed by atoms with E-state index in [4.69, 9.17) is 4.74 Å². The number of pyridine rings is 1. The van der Waals surface area contributed by atoms with Crippen molar-refractivity contribution >= 4 is 17.3 Å². The van der Waals surface area contributed by atoms with Crippen LogP contribution in [-0.4, -0.2) is 23.0 Å². The number of nitrogens with zero attached hydrogens (tertiary/aromatic N) is 1. The van der Waals surface area contributed by atoms with Crippen LogP contribution in [0.1, 0.15) is 62.9 Å². The predicted molar refractivity (Wildman–Crippen MR) is 110 cm³/mol. The molecule has 2 N–H and O–H groups in total. The second-order valence-corrected chi connectivity index (χ2v) is 7.38. The minimum absolute atomic E-state index is 0.0375. The third kappa shape index (κ3) is 5.71. The maximum Gasteiger partial charge on any atom is 0.274 e. The molecule has 27 heavy (non-hydrogen) atoms. The lowest BCUT2D eigenvalue weighted by Crippen LogP contribution is -2.19. The number of aromatic nitrogens is 1. The van der Waals surface area contributed by atoms with Crippen LogP contribution in [0.4, 0.5) is 11.4 Å². The zero-order valence-electron chi connectivity index (χ0n) is 16.2. The fourth-order valence-corrected chi connectivity index (χ4v) is 3.39. The molecule has 0 bridgehead atoms. The largest absolute Gasteiger partial charge is 0.489 e.